The number of carboxylic acids is 1. The molecule has 0 atom stereocenters. The lowest BCUT2D eigenvalue weighted by Gasteiger charge is -2.17. The van der Waals surface area contributed by atoms with Crippen LogP contribution in [0.5, 0.6) is 0 Å². The van der Waals surface area contributed by atoms with Crippen molar-refractivity contribution >= 4 is 5.97 Å². The summed E-state index contributed by atoms with van der Waals surface area (Å²) in [5.74, 6) is -0.762. The molecule has 0 saturated carbocycles. The molecule has 1 aromatic rings. The number of carbonyl (C=O) groups is 1. The van der Waals surface area contributed by atoms with Gasteiger partial charge in [-0.3, -0.25) is 4.79 Å². The molecule has 1 N–H and O–H groups in total. The minimum atomic E-state index is -0.762. The molecule has 1 aromatic carbocycles. The Labute approximate surface area is 172 Å². The molecule has 0 aliphatic rings. The Balaban J connectivity index is 3.22. The molecule has 0 unspecified atom stereocenters. The van der Waals surface area contributed by atoms with Crippen LogP contribution in [0.4, 0.5) is 0 Å². The molecule has 154 valence electrons. The third-order valence-corrected chi connectivity index (χ3v) is 4.99. The topological polar surface area (TPSA) is 37.3 Å². The Morgan fingerprint density at radius 2 is 1.61 bits per heavy atom. The predicted octanol–water partition coefficient (Wildman–Crippen LogP) is 7.01. The lowest BCUT2D eigenvalue weighted by atomic mass is 9.88. The first-order valence-electron chi connectivity index (χ1n) is 10.8. The summed E-state index contributed by atoms with van der Waals surface area (Å²) in [6.45, 7) is 10.6. The maximum atomic E-state index is 11.5. The molecule has 0 spiro atoms. The normalized spacial score (nSPS) is 11.5. The highest BCUT2D eigenvalue weighted by atomic mass is 16.4. The highest BCUT2D eigenvalue weighted by Gasteiger charge is 2.14. The number of hydrogen-bond donors (Lipinski definition) is 1. The molecule has 0 fully saturated rings. The van der Waals surface area contributed by atoms with Crippen molar-refractivity contribution in [3.8, 4) is 0 Å². The Kier molecular flexibility index (Phi) is 12.0. The number of carboxylic acid groups (broad SMARTS) is 1. The highest BCUT2D eigenvalue weighted by Crippen LogP contribution is 2.25. The standard InChI is InChI=1S/C26H38O2/c1-5-8-11-14-21(4)17-25-23(16-13-10-7-3)18-22(15-12-9-6-2)19-24(25)20-26(27)28/h5,8,11,14,18-19H,4,6-7,9-10,12-13,15-17,20H2,1-3H3,(H,27,28)/b8-5-,14-11-. The van der Waals surface area contributed by atoms with Gasteiger partial charge < -0.3 is 5.11 Å². The Hall–Kier alpha value is -2.09. The second-order valence-corrected chi connectivity index (χ2v) is 7.60. The van der Waals surface area contributed by atoms with Crippen LogP contribution in [0.1, 0.15) is 81.5 Å². The van der Waals surface area contributed by atoms with Crippen molar-refractivity contribution in [2.75, 3.05) is 0 Å². The van der Waals surface area contributed by atoms with Crippen molar-refractivity contribution in [2.45, 2.75) is 85.0 Å². The van der Waals surface area contributed by atoms with E-state index >= 15 is 0 Å². The summed E-state index contributed by atoms with van der Waals surface area (Å²) in [4.78, 5) is 11.5. The molecule has 0 radical (unpaired) electrons. The van der Waals surface area contributed by atoms with Crippen molar-refractivity contribution in [2.24, 2.45) is 0 Å². The summed E-state index contributed by atoms with van der Waals surface area (Å²) in [5, 5.41) is 9.46. The van der Waals surface area contributed by atoms with E-state index in [1.165, 1.54) is 42.4 Å². The van der Waals surface area contributed by atoms with Crippen molar-refractivity contribution in [3.05, 3.63) is 70.8 Å². The zero-order valence-corrected chi connectivity index (χ0v) is 18.1. The van der Waals surface area contributed by atoms with Crippen LogP contribution < -0.4 is 0 Å². The van der Waals surface area contributed by atoms with Gasteiger partial charge in [-0.05, 0) is 61.3 Å². The lowest BCUT2D eigenvalue weighted by Crippen LogP contribution is -2.09. The van der Waals surface area contributed by atoms with Crippen LogP contribution in [0.2, 0.25) is 0 Å². The molecule has 0 bridgehead atoms. The molecule has 0 aliphatic heterocycles. The monoisotopic (exact) mass is 382 g/mol. The van der Waals surface area contributed by atoms with Crippen LogP contribution in [-0.4, -0.2) is 11.1 Å². The zero-order valence-electron chi connectivity index (χ0n) is 18.1. The summed E-state index contributed by atoms with van der Waals surface area (Å²) in [6.07, 6.45) is 18.0. The summed E-state index contributed by atoms with van der Waals surface area (Å²) in [5.41, 5.74) is 5.76. The number of hydrogen-bond acceptors (Lipinski definition) is 1. The van der Waals surface area contributed by atoms with Crippen LogP contribution in [0.25, 0.3) is 0 Å². The molecular weight excluding hydrogens is 344 g/mol. The van der Waals surface area contributed by atoms with E-state index in [4.69, 9.17) is 0 Å². The third kappa shape index (κ3) is 9.21. The van der Waals surface area contributed by atoms with Gasteiger partial charge >= 0.3 is 5.97 Å². The van der Waals surface area contributed by atoms with Gasteiger partial charge in [0.1, 0.15) is 0 Å². The quantitative estimate of drug-likeness (QED) is 0.277. The van der Waals surface area contributed by atoms with Crippen LogP contribution in [0.3, 0.4) is 0 Å². The van der Waals surface area contributed by atoms with Crippen LogP contribution in [0.15, 0.2) is 48.6 Å². The van der Waals surface area contributed by atoms with Gasteiger partial charge in [0.2, 0.25) is 0 Å². The molecule has 2 nitrogen and oxygen atoms in total. The second-order valence-electron chi connectivity index (χ2n) is 7.60. The largest absolute Gasteiger partial charge is 0.481 e. The highest BCUT2D eigenvalue weighted by molar-refractivity contribution is 5.71. The fraction of sp³-hybridized carbons (Fsp3) is 0.500. The maximum absolute atomic E-state index is 11.5. The first-order chi connectivity index (χ1) is 13.5. The van der Waals surface area contributed by atoms with Gasteiger partial charge in [-0.2, -0.15) is 0 Å². The number of allylic oxidation sites excluding steroid dienone is 5. The van der Waals surface area contributed by atoms with Crippen molar-refractivity contribution in [1.29, 1.82) is 0 Å². The molecule has 0 aromatic heterocycles. The SMILES string of the molecule is C=C(/C=C\C=C/C)Cc1c(CCCCC)cc(CCCCC)cc1CC(=O)O. The molecule has 28 heavy (non-hydrogen) atoms. The van der Waals surface area contributed by atoms with Crippen LogP contribution >= 0.6 is 0 Å². The fourth-order valence-corrected chi connectivity index (χ4v) is 3.52. The minimum Gasteiger partial charge on any atom is -0.481 e. The molecule has 0 heterocycles. The van der Waals surface area contributed by atoms with E-state index in [0.717, 1.165) is 36.8 Å². The van der Waals surface area contributed by atoms with E-state index < -0.39 is 5.97 Å². The Morgan fingerprint density at radius 1 is 0.964 bits per heavy atom. The number of unbranched alkanes of at least 4 members (excludes halogenated alkanes) is 4. The summed E-state index contributed by atoms with van der Waals surface area (Å²) < 4.78 is 0. The number of aryl methyl sites for hydroxylation is 2. The third-order valence-electron chi connectivity index (χ3n) is 4.99. The van der Waals surface area contributed by atoms with Gasteiger partial charge in [0.25, 0.3) is 0 Å². The van der Waals surface area contributed by atoms with E-state index in [1.54, 1.807) is 0 Å². The summed E-state index contributed by atoms with van der Waals surface area (Å²) in [7, 11) is 0. The molecule has 0 amide bonds. The van der Waals surface area contributed by atoms with Crippen molar-refractivity contribution in [1.82, 2.24) is 0 Å². The van der Waals surface area contributed by atoms with Gasteiger partial charge in [-0.1, -0.05) is 88.1 Å². The maximum Gasteiger partial charge on any atom is 0.307 e. The molecule has 2 heteroatoms. The van der Waals surface area contributed by atoms with Crippen molar-refractivity contribution in [3.63, 3.8) is 0 Å². The summed E-state index contributed by atoms with van der Waals surface area (Å²) >= 11 is 0. The first-order valence-corrected chi connectivity index (χ1v) is 10.8. The lowest BCUT2D eigenvalue weighted by molar-refractivity contribution is -0.136. The molecule has 1 rings (SSSR count). The van der Waals surface area contributed by atoms with Gasteiger partial charge in [-0.25, -0.2) is 0 Å². The van der Waals surface area contributed by atoms with E-state index in [0.29, 0.717) is 6.42 Å². The Morgan fingerprint density at radius 3 is 2.21 bits per heavy atom. The van der Waals surface area contributed by atoms with E-state index in [-0.39, 0.29) is 6.42 Å². The number of aliphatic carboxylic acids is 1. The van der Waals surface area contributed by atoms with Gasteiger partial charge in [0.05, 0.1) is 6.42 Å². The van der Waals surface area contributed by atoms with Gasteiger partial charge in [-0.15, -0.1) is 0 Å². The average molecular weight is 383 g/mol. The van der Waals surface area contributed by atoms with E-state index in [1.807, 2.05) is 31.2 Å². The second kappa shape index (κ2) is 14.0. The van der Waals surface area contributed by atoms with E-state index in [9.17, 15) is 9.90 Å². The predicted molar refractivity (Wildman–Crippen MR) is 121 cm³/mol. The van der Waals surface area contributed by atoms with Crippen LogP contribution in [-0.2, 0) is 30.5 Å². The number of benzene rings is 1. The van der Waals surface area contributed by atoms with Gasteiger partial charge in [0, 0.05) is 0 Å². The number of rotatable bonds is 14. The summed E-state index contributed by atoms with van der Waals surface area (Å²) in [6, 6.07) is 4.46. The minimum absolute atomic E-state index is 0.0869. The average Bonchev–Trinajstić information content (AvgIpc) is 2.64. The fourth-order valence-electron chi connectivity index (χ4n) is 3.52. The van der Waals surface area contributed by atoms with E-state index in [2.05, 4.69) is 32.6 Å². The molecule has 0 saturated heterocycles. The first kappa shape index (κ1) is 23.9. The zero-order chi connectivity index (χ0) is 20.8. The Bertz CT molecular complexity index is 680. The molecular formula is C26H38O2. The smallest absolute Gasteiger partial charge is 0.307 e. The van der Waals surface area contributed by atoms with Crippen LogP contribution in [0, 0.1) is 0 Å². The molecule has 0 aliphatic carbocycles. The van der Waals surface area contributed by atoms with Crippen molar-refractivity contribution < 1.29 is 9.90 Å². The van der Waals surface area contributed by atoms with Gasteiger partial charge in [0.15, 0.2) is 0 Å².